The van der Waals surface area contributed by atoms with E-state index in [9.17, 15) is 0 Å². The number of nitrogens with one attached hydrogen (secondary N) is 1. The molecule has 3 nitrogen and oxygen atoms in total. The molecule has 0 aliphatic carbocycles. The first-order valence-electron chi connectivity index (χ1n) is 6.45. The number of ether oxygens (including phenoxy) is 1. The Morgan fingerprint density at radius 3 is 2.65 bits per heavy atom. The first-order chi connectivity index (χ1) is 8.04. The first kappa shape index (κ1) is 14.3. The van der Waals surface area contributed by atoms with Gasteiger partial charge in [0.25, 0.3) is 0 Å². The Morgan fingerprint density at radius 2 is 2.06 bits per heavy atom. The molecule has 0 saturated carbocycles. The van der Waals surface area contributed by atoms with Gasteiger partial charge in [-0.05, 0) is 32.4 Å². The highest BCUT2D eigenvalue weighted by Crippen LogP contribution is 2.17. The summed E-state index contributed by atoms with van der Waals surface area (Å²) in [6, 6.07) is 2.09. The molecule has 1 aromatic heterocycles. The summed E-state index contributed by atoms with van der Waals surface area (Å²) < 4.78 is 11.4. The number of rotatable bonds is 7. The molecule has 1 rings (SSSR count). The smallest absolute Gasteiger partial charge is 0.130 e. The third-order valence-electron chi connectivity index (χ3n) is 3.06. The molecule has 0 fully saturated rings. The van der Waals surface area contributed by atoms with Gasteiger partial charge in [0.1, 0.15) is 18.1 Å². The minimum Gasteiger partial charge on any atom is -0.464 e. The Balaban J connectivity index is 2.49. The minimum absolute atomic E-state index is 0.262. The second-order valence-corrected chi connectivity index (χ2v) is 4.83. The maximum absolute atomic E-state index is 5.75. The maximum atomic E-state index is 5.75. The van der Waals surface area contributed by atoms with Crippen molar-refractivity contribution in [2.75, 3.05) is 6.54 Å². The molecule has 98 valence electrons. The molecule has 0 amide bonds. The molecule has 17 heavy (non-hydrogen) atoms. The molecule has 0 saturated heterocycles. The summed E-state index contributed by atoms with van der Waals surface area (Å²) in [4.78, 5) is 0. The number of hydrogen-bond donors (Lipinski definition) is 1. The molecule has 1 N–H and O–H groups in total. The summed E-state index contributed by atoms with van der Waals surface area (Å²) in [7, 11) is 0. The van der Waals surface area contributed by atoms with E-state index in [1.54, 1.807) is 0 Å². The first-order valence-corrected chi connectivity index (χ1v) is 6.45. The molecule has 1 heterocycles. The molecule has 0 aromatic carbocycles. The average molecular weight is 239 g/mol. The monoisotopic (exact) mass is 239 g/mol. The highest BCUT2D eigenvalue weighted by molar-refractivity contribution is 5.20. The van der Waals surface area contributed by atoms with Crippen molar-refractivity contribution in [3.63, 3.8) is 0 Å². The van der Waals surface area contributed by atoms with Crippen LogP contribution in [0.25, 0.3) is 0 Å². The lowest BCUT2D eigenvalue weighted by molar-refractivity contribution is 0.0146. The van der Waals surface area contributed by atoms with Gasteiger partial charge in [-0.2, -0.15) is 0 Å². The summed E-state index contributed by atoms with van der Waals surface area (Å²) >= 11 is 0. The Bertz CT molecular complexity index is 331. The fourth-order valence-electron chi connectivity index (χ4n) is 1.50. The second-order valence-electron chi connectivity index (χ2n) is 4.83. The van der Waals surface area contributed by atoms with Crippen LogP contribution in [0.5, 0.6) is 0 Å². The largest absolute Gasteiger partial charge is 0.464 e. The number of furan rings is 1. The van der Waals surface area contributed by atoms with Crippen molar-refractivity contribution in [2.45, 2.75) is 53.9 Å². The van der Waals surface area contributed by atoms with Crippen LogP contribution in [-0.4, -0.2) is 12.6 Å². The van der Waals surface area contributed by atoms with Gasteiger partial charge in [-0.15, -0.1) is 0 Å². The SMILES string of the molecule is CCNCc1cc(COC(C)C(C)C)oc1C. The van der Waals surface area contributed by atoms with Gasteiger partial charge in [0, 0.05) is 12.1 Å². The van der Waals surface area contributed by atoms with Gasteiger partial charge in [-0.3, -0.25) is 0 Å². The van der Waals surface area contributed by atoms with E-state index in [4.69, 9.17) is 9.15 Å². The van der Waals surface area contributed by atoms with Crippen molar-refractivity contribution in [2.24, 2.45) is 5.92 Å². The summed E-state index contributed by atoms with van der Waals surface area (Å²) in [5.41, 5.74) is 1.22. The van der Waals surface area contributed by atoms with E-state index < -0.39 is 0 Å². The van der Waals surface area contributed by atoms with Crippen LogP contribution in [-0.2, 0) is 17.9 Å². The maximum Gasteiger partial charge on any atom is 0.130 e. The van der Waals surface area contributed by atoms with Crippen molar-refractivity contribution in [1.29, 1.82) is 0 Å². The van der Waals surface area contributed by atoms with Crippen molar-refractivity contribution in [3.8, 4) is 0 Å². The average Bonchev–Trinajstić information content (AvgIpc) is 2.64. The highest BCUT2D eigenvalue weighted by Gasteiger charge is 2.11. The lowest BCUT2D eigenvalue weighted by Crippen LogP contribution is -2.14. The van der Waals surface area contributed by atoms with Crippen LogP contribution in [0.3, 0.4) is 0 Å². The third-order valence-corrected chi connectivity index (χ3v) is 3.06. The lowest BCUT2D eigenvalue weighted by Gasteiger charge is -2.15. The van der Waals surface area contributed by atoms with E-state index in [-0.39, 0.29) is 6.10 Å². The van der Waals surface area contributed by atoms with Crippen LogP contribution in [0.2, 0.25) is 0 Å². The van der Waals surface area contributed by atoms with Gasteiger partial charge in [0.2, 0.25) is 0 Å². The van der Waals surface area contributed by atoms with Crippen LogP contribution in [0.15, 0.2) is 10.5 Å². The van der Waals surface area contributed by atoms with E-state index in [1.165, 1.54) is 5.56 Å². The third kappa shape index (κ3) is 4.52. The van der Waals surface area contributed by atoms with Gasteiger partial charge < -0.3 is 14.5 Å². The lowest BCUT2D eigenvalue weighted by atomic mass is 10.1. The second kappa shape index (κ2) is 6.82. The molecular formula is C14H25NO2. The molecule has 3 heteroatoms. The number of aryl methyl sites for hydroxylation is 1. The molecule has 0 aliphatic rings. The zero-order chi connectivity index (χ0) is 12.8. The van der Waals surface area contributed by atoms with Gasteiger partial charge in [-0.1, -0.05) is 20.8 Å². The van der Waals surface area contributed by atoms with Crippen molar-refractivity contribution >= 4 is 0 Å². The summed E-state index contributed by atoms with van der Waals surface area (Å²) in [5, 5.41) is 3.30. The van der Waals surface area contributed by atoms with Crippen LogP contribution >= 0.6 is 0 Å². The Labute approximate surface area is 105 Å². The molecule has 0 spiro atoms. The van der Waals surface area contributed by atoms with Crippen molar-refractivity contribution in [1.82, 2.24) is 5.32 Å². The Morgan fingerprint density at radius 1 is 1.35 bits per heavy atom. The standard InChI is InChI=1S/C14H25NO2/c1-6-15-8-13-7-14(17-12(13)5)9-16-11(4)10(2)3/h7,10-11,15H,6,8-9H2,1-5H3. The zero-order valence-corrected chi connectivity index (χ0v) is 11.7. The summed E-state index contributed by atoms with van der Waals surface area (Å²) in [6.45, 7) is 12.9. The molecule has 1 atom stereocenters. The quantitative estimate of drug-likeness (QED) is 0.793. The van der Waals surface area contributed by atoms with E-state index in [2.05, 4.69) is 39.1 Å². The topological polar surface area (TPSA) is 34.4 Å². The molecule has 0 bridgehead atoms. The predicted molar refractivity (Wildman–Crippen MR) is 69.9 cm³/mol. The zero-order valence-electron chi connectivity index (χ0n) is 11.7. The van der Waals surface area contributed by atoms with Gasteiger partial charge in [0.15, 0.2) is 0 Å². The van der Waals surface area contributed by atoms with Crippen molar-refractivity contribution < 1.29 is 9.15 Å². The van der Waals surface area contributed by atoms with E-state index in [0.29, 0.717) is 12.5 Å². The summed E-state index contributed by atoms with van der Waals surface area (Å²) in [6.07, 6.45) is 0.262. The fraction of sp³-hybridized carbons (Fsp3) is 0.714. The van der Waals surface area contributed by atoms with Gasteiger partial charge in [-0.25, -0.2) is 0 Å². The van der Waals surface area contributed by atoms with Crippen LogP contribution in [0.4, 0.5) is 0 Å². The molecular weight excluding hydrogens is 214 g/mol. The van der Waals surface area contributed by atoms with Crippen LogP contribution < -0.4 is 5.32 Å². The van der Waals surface area contributed by atoms with Crippen LogP contribution in [0.1, 0.15) is 44.8 Å². The van der Waals surface area contributed by atoms with E-state index in [0.717, 1.165) is 24.6 Å². The normalized spacial score (nSPS) is 13.3. The van der Waals surface area contributed by atoms with Crippen molar-refractivity contribution in [3.05, 3.63) is 23.2 Å². The Hall–Kier alpha value is -0.800. The predicted octanol–water partition coefficient (Wildman–Crippen LogP) is 3.26. The molecule has 0 radical (unpaired) electrons. The van der Waals surface area contributed by atoms with Gasteiger partial charge >= 0.3 is 0 Å². The molecule has 1 aromatic rings. The van der Waals surface area contributed by atoms with Crippen LogP contribution in [0, 0.1) is 12.8 Å². The Kier molecular flexibility index (Phi) is 5.72. The highest BCUT2D eigenvalue weighted by atomic mass is 16.5. The summed E-state index contributed by atoms with van der Waals surface area (Å²) in [5.74, 6) is 2.44. The fourth-order valence-corrected chi connectivity index (χ4v) is 1.50. The molecule has 1 unspecified atom stereocenters. The number of hydrogen-bond acceptors (Lipinski definition) is 3. The molecule has 0 aliphatic heterocycles. The van der Waals surface area contributed by atoms with E-state index in [1.807, 2.05) is 6.92 Å². The van der Waals surface area contributed by atoms with E-state index >= 15 is 0 Å². The minimum atomic E-state index is 0.262. The van der Waals surface area contributed by atoms with Gasteiger partial charge in [0.05, 0.1) is 6.10 Å².